The van der Waals surface area contributed by atoms with Crippen molar-refractivity contribution in [3.8, 4) is 5.75 Å². The molecule has 19 heavy (non-hydrogen) atoms. The second kappa shape index (κ2) is 4.96. The largest absolute Gasteiger partial charge is 0.508 e. The zero-order valence-corrected chi connectivity index (χ0v) is 11.2. The van der Waals surface area contributed by atoms with Gasteiger partial charge in [0.05, 0.1) is 6.04 Å². The Bertz CT molecular complexity index is 565. The molecule has 1 aliphatic rings. The second-order valence-electron chi connectivity index (χ2n) is 5.24. The molecule has 98 valence electrons. The van der Waals surface area contributed by atoms with Crippen LogP contribution in [0.3, 0.4) is 0 Å². The number of nitrogens with zero attached hydrogens (tertiary/aromatic N) is 1. The van der Waals surface area contributed by atoms with Crippen LogP contribution in [0.5, 0.6) is 5.75 Å². The van der Waals surface area contributed by atoms with Gasteiger partial charge in [-0.3, -0.25) is 0 Å². The molecule has 1 N–H and O–H groups in total. The van der Waals surface area contributed by atoms with Gasteiger partial charge in [0.15, 0.2) is 0 Å². The first kappa shape index (κ1) is 12.1. The molecule has 0 spiro atoms. The molecule has 0 radical (unpaired) electrons. The van der Waals surface area contributed by atoms with Gasteiger partial charge in [-0.05, 0) is 54.7 Å². The zero-order valence-electron chi connectivity index (χ0n) is 11.2. The number of phenols is 1. The quantitative estimate of drug-likeness (QED) is 0.877. The normalized spacial score (nSPS) is 17.8. The summed E-state index contributed by atoms with van der Waals surface area (Å²) < 4.78 is 0. The van der Waals surface area contributed by atoms with Crippen molar-refractivity contribution in [1.82, 2.24) is 0 Å². The summed E-state index contributed by atoms with van der Waals surface area (Å²) >= 11 is 0. The molecular formula is C17H19NO. The number of para-hydroxylation sites is 1. The Labute approximate surface area is 114 Å². The summed E-state index contributed by atoms with van der Waals surface area (Å²) in [4.78, 5) is 2.34. The Balaban J connectivity index is 1.95. The third kappa shape index (κ3) is 2.30. The van der Waals surface area contributed by atoms with Crippen molar-refractivity contribution in [3.63, 3.8) is 0 Å². The van der Waals surface area contributed by atoms with E-state index in [-0.39, 0.29) is 0 Å². The number of aryl methyl sites for hydroxylation is 1. The first-order chi connectivity index (χ1) is 9.25. The van der Waals surface area contributed by atoms with Crippen molar-refractivity contribution in [2.24, 2.45) is 0 Å². The smallest absolute Gasteiger partial charge is 0.115 e. The number of aromatic hydroxyl groups is 1. The maximum absolute atomic E-state index is 9.62. The molecule has 0 amide bonds. The van der Waals surface area contributed by atoms with Gasteiger partial charge in [-0.1, -0.05) is 24.3 Å². The lowest BCUT2D eigenvalue weighted by Crippen LogP contribution is -2.27. The highest BCUT2D eigenvalue weighted by Crippen LogP contribution is 2.37. The van der Waals surface area contributed by atoms with Crippen LogP contribution in [-0.4, -0.2) is 12.2 Å². The summed E-state index contributed by atoms with van der Waals surface area (Å²) in [6.07, 6.45) is 3.42. The molecule has 1 aliphatic carbocycles. The average Bonchev–Trinajstić information content (AvgIpc) is 2.46. The van der Waals surface area contributed by atoms with Crippen molar-refractivity contribution in [1.29, 1.82) is 0 Å². The molecule has 0 aromatic heterocycles. The van der Waals surface area contributed by atoms with Crippen LogP contribution in [0, 0.1) is 0 Å². The minimum absolute atomic E-state index is 0.377. The van der Waals surface area contributed by atoms with Gasteiger partial charge in [-0.25, -0.2) is 0 Å². The highest BCUT2D eigenvalue weighted by molar-refractivity contribution is 5.50. The lowest BCUT2D eigenvalue weighted by Gasteiger charge is -2.35. The van der Waals surface area contributed by atoms with Gasteiger partial charge in [-0.2, -0.15) is 0 Å². The molecule has 2 nitrogen and oxygen atoms in total. The Kier molecular flexibility index (Phi) is 3.16. The molecule has 0 aliphatic heterocycles. The lowest BCUT2D eigenvalue weighted by molar-refractivity contribution is 0.470. The van der Waals surface area contributed by atoms with Crippen LogP contribution in [0.15, 0.2) is 48.5 Å². The zero-order chi connectivity index (χ0) is 13.2. The monoisotopic (exact) mass is 253 g/mol. The van der Waals surface area contributed by atoms with E-state index in [1.807, 2.05) is 12.1 Å². The Morgan fingerprint density at radius 1 is 1.11 bits per heavy atom. The van der Waals surface area contributed by atoms with Crippen LogP contribution >= 0.6 is 0 Å². The fourth-order valence-electron chi connectivity index (χ4n) is 3.02. The second-order valence-corrected chi connectivity index (χ2v) is 5.24. The van der Waals surface area contributed by atoms with E-state index in [4.69, 9.17) is 0 Å². The van der Waals surface area contributed by atoms with E-state index in [9.17, 15) is 5.11 Å². The van der Waals surface area contributed by atoms with Gasteiger partial charge in [0, 0.05) is 12.7 Å². The number of hydrogen-bond acceptors (Lipinski definition) is 2. The van der Waals surface area contributed by atoms with Crippen molar-refractivity contribution >= 4 is 5.69 Å². The number of anilines is 1. The number of benzene rings is 2. The van der Waals surface area contributed by atoms with Gasteiger partial charge in [0.25, 0.3) is 0 Å². The lowest BCUT2D eigenvalue weighted by atomic mass is 9.86. The standard InChI is InChI=1S/C17H19NO/c1-18(14-7-3-2-4-8-14)17-9-5-6-13-12-15(19)10-11-16(13)17/h2-4,7-8,10-12,17,19H,5-6,9H2,1H3. The topological polar surface area (TPSA) is 23.5 Å². The molecule has 3 rings (SSSR count). The van der Waals surface area contributed by atoms with Crippen LogP contribution in [0.4, 0.5) is 5.69 Å². The van der Waals surface area contributed by atoms with Gasteiger partial charge >= 0.3 is 0 Å². The fraction of sp³-hybridized carbons (Fsp3) is 0.294. The first-order valence-corrected chi connectivity index (χ1v) is 6.85. The van der Waals surface area contributed by atoms with Crippen LogP contribution in [0.2, 0.25) is 0 Å². The maximum atomic E-state index is 9.62. The maximum Gasteiger partial charge on any atom is 0.115 e. The van der Waals surface area contributed by atoms with E-state index in [2.05, 4.69) is 42.3 Å². The minimum atomic E-state index is 0.377. The molecule has 0 saturated carbocycles. The van der Waals surface area contributed by atoms with Crippen molar-refractivity contribution in [2.75, 3.05) is 11.9 Å². The molecule has 0 fully saturated rings. The predicted octanol–water partition coefficient (Wildman–Crippen LogP) is 3.91. The van der Waals surface area contributed by atoms with Crippen LogP contribution < -0.4 is 4.90 Å². The summed E-state index contributed by atoms with van der Waals surface area (Å²) in [5.74, 6) is 0.377. The van der Waals surface area contributed by atoms with Crippen molar-refractivity contribution in [2.45, 2.75) is 25.3 Å². The Morgan fingerprint density at radius 3 is 2.68 bits per heavy atom. The summed E-state index contributed by atoms with van der Waals surface area (Å²) in [5.41, 5.74) is 3.89. The third-order valence-electron chi connectivity index (χ3n) is 4.04. The van der Waals surface area contributed by atoms with Crippen LogP contribution in [0.25, 0.3) is 0 Å². The molecule has 2 aromatic rings. The van der Waals surface area contributed by atoms with E-state index >= 15 is 0 Å². The van der Waals surface area contributed by atoms with E-state index in [0.29, 0.717) is 11.8 Å². The molecule has 1 unspecified atom stereocenters. The van der Waals surface area contributed by atoms with E-state index in [0.717, 1.165) is 6.42 Å². The number of rotatable bonds is 2. The molecule has 1 atom stereocenters. The van der Waals surface area contributed by atoms with Crippen molar-refractivity contribution in [3.05, 3.63) is 59.7 Å². The molecule has 2 aromatic carbocycles. The number of phenolic OH excluding ortho intramolecular Hbond substituents is 1. The minimum Gasteiger partial charge on any atom is -0.508 e. The van der Waals surface area contributed by atoms with Crippen LogP contribution in [0.1, 0.15) is 30.0 Å². The summed E-state index contributed by atoms with van der Waals surface area (Å²) in [5, 5.41) is 9.62. The molecule has 0 saturated heterocycles. The molecule has 0 bridgehead atoms. The predicted molar refractivity (Wildman–Crippen MR) is 78.6 cm³/mol. The van der Waals surface area contributed by atoms with Gasteiger partial charge < -0.3 is 10.0 Å². The van der Waals surface area contributed by atoms with Gasteiger partial charge in [-0.15, -0.1) is 0 Å². The Hall–Kier alpha value is -1.96. The van der Waals surface area contributed by atoms with E-state index < -0.39 is 0 Å². The first-order valence-electron chi connectivity index (χ1n) is 6.85. The molecule has 2 heteroatoms. The number of fused-ring (bicyclic) bond motifs is 1. The summed E-state index contributed by atoms with van der Waals surface area (Å²) in [6.45, 7) is 0. The summed E-state index contributed by atoms with van der Waals surface area (Å²) in [7, 11) is 2.15. The summed E-state index contributed by atoms with van der Waals surface area (Å²) in [6, 6.07) is 16.7. The number of hydrogen-bond donors (Lipinski definition) is 1. The fourth-order valence-corrected chi connectivity index (χ4v) is 3.02. The highest BCUT2D eigenvalue weighted by atomic mass is 16.3. The van der Waals surface area contributed by atoms with Crippen molar-refractivity contribution < 1.29 is 5.11 Å². The third-order valence-corrected chi connectivity index (χ3v) is 4.04. The van der Waals surface area contributed by atoms with E-state index in [1.54, 1.807) is 6.07 Å². The molecular weight excluding hydrogens is 234 g/mol. The van der Waals surface area contributed by atoms with Crippen LogP contribution in [-0.2, 0) is 6.42 Å². The molecule has 0 heterocycles. The van der Waals surface area contributed by atoms with Gasteiger partial charge in [0.1, 0.15) is 5.75 Å². The Morgan fingerprint density at radius 2 is 1.89 bits per heavy atom. The van der Waals surface area contributed by atoms with E-state index in [1.165, 1.54) is 29.7 Å². The SMILES string of the molecule is CN(c1ccccc1)C1CCCc2cc(O)ccc21. The van der Waals surface area contributed by atoms with Gasteiger partial charge in [0.2, 0.25) is 0 Å². The average molecular weight is 253 g/mol. The highest BCUT2D eigenvalue weighted by Gasteiger charge is 2.24.